The maximum atomic E-state index is 13.0. The van der Waals surface area contributed by atoms with Crippen molar-refractivity contribution in [3.05, 3.63) is 12.5 Å². The average Bonchev–Trinajstić information content (AvgIpc) is 3.01. The summed E-state index contributed by atoms with van der Waals surface area (Å²) in [7, 11) is 0. The standard InChI is InChI=1S/C18H31F5O23/c1-2-3-4-5-6-7-9-25-13-16(14-26-15-17(19,20)18(21,22)23)27-11-12-29-31-33-35-37-39-41-43-45-46-44-42-40-38-36-34-32-30-28-10-8-24/h11-12,16,24H,2-10,13-15H2,1H3/b12-11-. The second-order valence-electron chi connectivity index (χ2n) is 7.39. The summed E-state index contributed by atoms with van der Waals surface area (Å²) in [6.45, 7) is -1.04. The van der Waals surface area contributed by atoms with Crippen molar-refractivity contribution in [2.45, 2.75) is 63.7 Å². The van der Waals surface area contributed by atoms with Crippen LogP contribution in [0.2, 0.25) is 0 Å². The molecule has 0 aliphatic heterocycles. The van der Waals surface area contributed by atoms with Crippen molar-refractivity contribution in [1.29, 1.82) is 0 Å². The van der Waals surface area contributed by atoms with Crippen molar-refractivity contribution in [3.63, 3.8) is 0 Å². The third kappa shape index (κ3) is 29.5. The minimum absolute atomic E-state index is 0.207. The lowest BCUT2D eigenvalue weighted by molar-refractivity contribution is -0.891. The summed E-state index contributed by atoms with van der Waals surface area (Å²) in [6.07, 6.45) is 0.472. The molecule has 0 aliphatic carbocycles. The van der Waals surface area contributed by atoms with Crippen LogP contribution in [-0.4, -0.2) is 63.0 Å². The Morgan fingerprint density at radius 1 is 0.565 bits per heavy atom. The summed E-state index contributed by atoms with van der Waals surface area (Å²) < 4.78 is 78.0. The van der Waals surface area contributed by atoms with Gasteiger partial charge in [-0.05, 0) is 46.7 Å². The normalized spacial score (nSPS) is 13.1. The monoisotopic (exact) mass is 710 g/mol. The molecule has 0 saturated heterocycles. The van der Waals surface area contributed by atoms with E-state index < -0.39 is 31.4 Å². The molecule has 1 N–H and O–H groups in total. The van der Waals surface area contributed by atoms with Crippen LogP contribution in [0.1, 0.15) is 45.4 Å². The second kappa shape index (κ2) is 31.7. The molecule has 0 saturated carbocycles. The van der Waals surface area contributed by atoms with Crippen molar-refractivity contribution < 1.29 is 137 Å². The quantitative estimate of drug-likeness (QED) is 0.0324. The van der Waals surface area contributed by atoms with Gasteiger partial charge in [0.25, 0.3) is 0 Å². The summed E-state index contributed by atoms with van der Waals surface area (Å²) >= 11 is 0. The number of aliphatic hydroxyl groups excluding tert-OH is 1. The van der Waals surface area contributed by atoms with Crippen LogP contribution in [0.25, 0.3) is 0 Å². The predicted octanol–water partition coefficient (Wildman–Crippen LogP) is 3.21. The van der Waals surface area contributed by atoms with E-state index in [0.29, 0.717) is 19.3 Å². The van der Waals surface area contributed by atoms with Gasteiger partial charge in [0.2, 0.25) is 0 Å². The van der Waals surface area contributed by atoms with E-state index >= 15 is 0 Å². The summed E-state index contributed by atoms with van der Waals surface area (Å²) in [5.41, 5.74) is 0. The zero-order valence-electron chi connectivity index (χ0n) is 23.5. The highest BCUT2D eigenvalue weighted by molar-refractivity contribution is 4.75. The molecule has 0 amide bonds. The van der Waals surface area contributed by atoms with Crippen LogP contribution < -0.4 is 0 Å². The third-order valence-electron chi connectivity index (χ3n) is 4.04. The van der Waals surface area contributed by atoms with Gasteiger partial charge in [-0.25, -0.2) is 4.89 Å². The van der Waals surface area contributed by atoms with Gasteiger partial charge in [0.1, 0.15) is 25.6 Å². The fourth-order valence-electron chi connectivity index (χ4n) is 2.19. The number of alkyl halides is 5. The van der Waals surface area contributed by atoms with E-state index in [2.05, 4.69) is 107 Å². The molecule has 0 aliphatic rings. The van der Waals surface area contributed by atoms with Crippen LogP contribution in [0.4, 0.5) is 22.0 Å². The highest BCUT2D eigenvalue weighted by atomic mass is 19.4. The van der Waals surface area contributed by atoms with Gasteiger partial charge in [-0.1, -0.05) is 39.0 Å². The molecule has 0 fully saturated rings. The number of ether oxygens (including phenoxy) is 3. The van der Waals surface area contributed by atoms with E-state index in [0.717, 1.165) is 38.4 Å². The van der Waals surface area contributed by atoms with Gasteiger partial charge in [-0.3, -0.25) is 0 Å². The minimum Gasteiger partial charge on any atom is -0.490 e. The Morgan fingerprint density at radius 3 is 1.57 bits per heavy atom. The van der Waals surface area contributed by atoms with Crippen LogP contribution in [0.15, 0.2) is 12.5 Å². The van der Waals surface area contributed by atoms with E-state index in [1.54, 1.807) is 0 Å². The first kappa shape index (κ1) is 44.1. The van der Waals surface area contributed by atoms with Crippen LogP contribution >= 0.6 is 0 Å². The molecule has 0 spiro atoms. The van der Waals surface area contributed by atoms with Crippen LogP contribution in [0.5, 0.6) is 0 Å². The molecule has 276 valence electrons. The van der Waals surface area contributed by atoms with Crippen molar-refractivity contribution in [2.24, 2.45) is 0 Å². The Labute approximate surface area is 253 Å². The molecular formula is C18H31F5O23. The SMILES string of the molecule is CCCCCCCCOCC(COCC(F)(F)C(F)(F)F)O/C=C\OOOOOOOOOOOOOOOOOOOCCO. The minimum atomic E-state index is -5.78. The molecule has 0 rings (SSSR count). The Balaban J connectivity index is 3.83. The molecule has 0 aromatic carbocycles. The van der Waals surface area contributed by atoms with Gasteiger partial charge in [-0.15, -0.1) is 0 Å². The van der Waals surface area contributed by atoms with Crippen molar-refractivity contribution in [1.82, 2.24) is 0 Å². The molecule has 46 heavy (non-hydrogen) atoms. The number of unbranched alkanes of at least 4 members (excludes halogenated alkanes) is 5. The molecule has 0 aromatic heterocycles. The summed E-state index contributed by atoms with van der Waals surface area (Å²) in [4.78, 5) is 8.34. The highest BCUT2D eigenvalue weighted by Gasteiger charge is 2.57. The first-order valence-corrected chi connectivity index (χ1v) is 12.4. The van der Waals surface area contributed by atoms with Crippen molar-refractivity contribution in [2.75, 3.05) is 39.6 Å². The molecule has 0 aromatic rings. The van der Waals surface area contributed by atoms with Gasteiger partial charge in [0, 0.05) is 52.0 Å². The fourth-order valence-corrected chi connectivity index (χ4v) is 2.19. The van der Waals surface area contributed by atoms with E-state index in [-0.39, 0.29) is 19.8 Å². The van der Waals surface area contributed by atoms with Crippen molar-refractivity contribution >= 4 is 0 Å². The molecule has 0 radical (unpaired) electrons. The zero-order chi connectivity index (χ0) is 34.0. The van der Waals surface area contributed by atoms with Crippen LogP contribution in [0.3, 0.4) is 0 Å². The second-order valence-corrected chi connectivity index (χ2v) is 7.39. The molecule has 28 heteroatoms. The average molecular weight is 710 g/mol. The first-order valence-electron chi connectivity index (χ1n) is 12.4. The highest BCUT2D eigenvalue weighted by Crippen LogP contribution is 2.35. The summed E-state index contributed by atoms with van der Waals surface area (Å²) in [5.74, 6) is -5.06. The lowest BCUT2D eigenvalue weighted by Gasteiger charge is -2.21. The van der Waals surface area contributed by atoms with Gasteiger partial charge in [0.05, 0.1) is 19.8 Å². The summed E-state index contributed by atoms with van der Waals surface area (Å²) in [5, 5.41) is 70.2. The van der Waals surface area contributed by atoms with Crippen molar-refractivity contribution in [3.8, 4) is 0 Å². The topological polar surface area (TPSA) is 223 Å². The Bertz CT molecular complexity index is 667. The lowest BCUT2D eigenvalue weighted by atomic mass is 10.1. The fraction of sp³-hybridized carbons (Fsp3) is 0.889. The smallest absolute Gasteiger partial charge is 0.455 e. The maximum absolute atomic E-state index is 13.0. The van der Waals surface area contributed by atoms with Crippen LogP contribution in [-0.2, 0) is 110 Å². The number of hydrogen-bond acceptors (Lipinski definition) is 23. The Morgan fingerprint density at radius 2 is 1.04 bits per heavy atom. The van der Waals surface area contributed by atoms with Crippen LogP contribution in [0, 0.1) is 0 Å². The largest absolute Gasteiger partial charge is 0.490 e. The zero-order valence-corrected chi connectivity index (χ0v) is 23.5. The number of hydrogen-bond donors (Lipinski definition) is 1. The van der Waals surface area contributed by atoms with Gasteiger partial charge in [-0.2, -0.15) is 22.0 Å². The number of halogens is 5. The first-order chi connectivity index (χ1) is 22.2. The number of rotatable bonds is 36. The van der Waals surface area contributed by atoms with E-state index in [1.807, 2.05) is 0 Å². The molecule has 1 unspecified atom stereocenters. The van der Waals surface area contributed by atoms with Gasteiger partial charge >= 0.3 is 12.1 Å². The van der Waals surface area contributed by atoms with E-state index in [9.17, 15) is 22.0 Å². The van der Waals surface area contributed by atoms with E-state index in [4.69, 9.17) is 14.6 Å². The Kier molecular flexibility index (Phi) is 30.5. The molecular weight excluding hydrogens is 679 g/mol. The van der Waals surface area contributed by atoms with Gasteiger partial charge < -0.3 is 24.2 Å². The third-order valence-corrected chi connectivity index (χ3v) is 4.04. The maximum Gasteiger partial charge on any atom is 0.455 e. The van der Waals surface area contributed by atoms with E-state index in [1.165, 1.54) is 0 Å². The molecule has 0 bridgehead atoms. The lowest BCUT2D eigenvalue weighted by Crippen LogP contribution is -2.41. The molecule has 0 heterocycles. The molecule has 1 atom stereocenters. The molecule has 23 nitrogen and oxygen atoms in total. The van der Waals surface area contributed by atoms with Gasteiger partial charge in [0.15, 0.2) is 6.26 Å². The predicted molar refractivity (Wildman–Crippen MR) is 113 cm³/mol. The number of aliphatic hydroxyl groups is 1. The Hall–Kier alpha value is -1.85. The summed E-state index contributed by atoms with van der Waals surface area (Å²) in [6, 6.07) is 0.